The van der Waals surface area contributed by atoms with Crippen LogP contribution in [0.3, 0.4) is 0 Å². The van der Waals surface area contributed by atoms with Crippen LogP contribution < -0.4 is 11.3 Å². The smallest absolute Gasteiger partial charge is 0.275 e. The minimum Gasteiger partial charge on any atom is -0.394 e. The number of hydrogen-bond donors (Lipinski definition) is 4. The molecule has 7 heteroatoms. The van der Waals surface area contributed by atoms with E-state index in [4.69, 9.17) is 16.1 Å². The van der Waals surface area contributed by atoms with Crippen LogP contribution in [0, 0.1) is 0 Å². The lowest BCUT2D eigenvalue weighted by Gasteiger charge is -2.06. The largest absolute Gasteiger partial charge is 0.394 e. The fraction of sp³-hybridized carbons (Fsp3) is 0.444. The summed E-state index contributed by atoms with van der Waals surface area (Å²) in [6, 6.07) is 1.85. The molecule has 1 aromatic rings. The lowest BCUT2D eigenvalue weighted by Crippen LogP contribution is -2.29. The molecule has 0 radical (unpaired) electrons. The minimum absolute atomic E-state index is 0.243. The molecule has 1 atom stereocenters. The molecule has 16 heavy (non-hydrogen) atoms. The number of nitrogen functional groups attached to an aromatic ring is 1. The van der Waals surface area contributed by atoms with Crippen molar-refractivity contribution in [3.05, 3.63) is 21.9 Å². The maximum atomic E-state index is 11.3. The predicted molar refractivity (Wildman–Crippen MR) is 65.2 cm³/mol. The molecule has 0 aliphatic rings. The number of nitrogens with two attached hydrogens (primary N) is 1. The van der Waals surface area contributed by atoms with E-state index >= 15 is 0 Å². The van der Waals surface area contributed by atoms with Crippen LogP contribution in [0.15, 0.2) is 11.4 Å². The molecule has 0 fully saturated rings. The first-order valence-corrected chi connectivity index (χ1v) is 6.66. The summed E-state index contributed by atoms with van der Waals surface area (Å²) >= 11 is 2.79. The van der Waals surface area contributed by atoms with Gasteiger partial charge in [-0.3, -0.25) is 10.2 Å². The number of hydrogen-bond acceptors (Lipinski definition) is 6. The van der Waals surface area contributed by atoms with Crippen molar-refractivity contribution in [3.63, 3.8) is 0 Å². The van der Waals surface area contributed by atoms with E-state index in [0.717, 1.165) is 5.56 Å². The number of nitrogens with one attached hydrogen (secondary N) is 1. The number of thiophene rings is 1. The molecule has 0 saturated carbocycles. The fourth-order valence-corrected chi connectivity index (χ4v) is 2.94. The summed E-state index contributed by atoms with van der Waals surface area (Å²) in [5.74, 6) is 5.81. The number of amides is 1. The van der Waals surface area contributed by atoms with Gasteiger partial charge < -0.3 is 10.2 Å². The molecule has 5 N–H and O–H groups in total. The molecule has 1 aromatic heterocycles. The molecule has 1 heterocycles. The Morgan fingerprint density at radius 3 is 3.06 bits per heavy atom. The summed E-state index contributed by atoms with van der Waals surface area (Å²) in [4.78, 5) is 11.9. The van der Waals surface area contributed by atoms with E-state index in [9.17, 15) is 4.79 Å². The molecular formula is C9H14N2O3S2. The van der Waals surface area contributed by atoms with Gasteiger partial charge in [0.05, 0.1) is 17.6 Å². The normalized spacial score (nSPS) is 12.4. The van der Waals surface area contributed by atoms with Crippen molar-refractivity contribution < 1.29 is 15.0 Å². The molecule has 1 unspecified atom stereocenters. The van der Waals surface area contributed by atoms with Crippen molar-refractivity contribution in [1.82, 2.24) is 5.43 Å². The van der Waals surface area contributed by atoms with Gasteiger partial charge in [0, 0.05) is 11.5 Å². The van der Waals surface area contributed by atoms with Crippen molar-refractivity contribution in [2.75, 3.05) is 12.4 Å². The van der Waals surface area contributed by atoms with Crippen LogP contribution in [-0.2, 0) is 5.75 Å². The van der Waals surface area contributed by atoms with Gasteiger partial charge in [0.2, 0.25) is 0 Å². The van der Waals surface area contributed by atoms with Crippen molar-refractivity contribution in [1.29, 1.82) is 0 Å². The summed E-state index contributed by atoms with van der Waals surface area (Å²) in [7, 11) is 0. The highest BCUT2D eigenvalue weighted by atomic mass is 32.2. The monoisotopic (exact) mass is 262 g/mol. The van der Waals surface area contributed by atoms with Crippen LogP contribution in [0.2, 0.25) is 0 Å². The minimum atomic E-state index is -0.713. The highest BCUT2D eigenvalue weighted by molar-refractivity contribution is 7.98. The van der Waals surface area contributed by atoms with Gasteiger partial charge in [-0.25, -0.2) is 5.84 Å². The topological polar surface area (TPSA) is 95.6 Å². The molecule has 1 amide bonds. The average molecular weight is 262 g/mol. The van der Waals surface area contributed by atoms with Gasteiger partial charge in [-0.05, 0) is 17.0 Å². The zero-order valence-corrected chi connectivity index (χ0v) is 10.2. The Kier molecular flexibility index (Phi) is 5.78. The summed E-state index contributed by atoms with van der Waals surface area (Å²) in [6.07, 6.45) is -0.713. The van der Waals surface area contributed by atoms with Gasteiger partial charge in [0.1, 0.15) is 0 Å². The molecule has 0 aliphatic heterocycles. The van der Waals surface area contributed by atoms with Crippen LogP contribution in [-0.4, -0.2) is 34.6 Å². The summed E-state index contributed by atoms with van der Waals surface area (Å²) < 4.78 is 0. The Morgan fingerprint density at radius 1 is 1.69 bits per heavy atom. The first-order valence-electron chi connectivity index (χ1n) is 4.63. The van der Waals surface area contributed by atoms with E-state index in [1.54, 1.807) is 0 Å². The van der Waals surface area contributed by atoms with Crippen LogP contribution in [0.4, 0.5) is 0 Å². The second-order valence-corrected chi connectivity index (χ2v) is 5.05. The van der Waals surface area contributed by atoms with Crippen molar-refractivity contribution in [2.24, 2.45) is 5.84 Å². The molecule has 1 rings (SSSR count). The third-order valence-electron chi connectivity index (χ3n) is 1.86. The van der Waals surface area contributed by atoms with E-state index in [0.29, 0.717) is 16.4 Å². The standard InChI is InChI=1S/C9H14N2O3S2/c10-11-9(14)8-6(1-2-16-8)4-15-5-7(13)3-12/h1-2,7,12-13H,3-5,10H2,(H,11,14). The van der Waals surface area contributed by atoms with Gasteiger partial charge >= 0.3 is 0 Å². The van der Waals surface area contributed by atoms with Crippen molar-refractivity contribution in [2.45, 2.75) is 11.9 Å². The average Bonchev–Trinajstić information content (AvgIpc) is 2.76. The zero-order valence-electron chi connectivity index (χ0n) is 8.55. The summed E-state index contributed by atoms with van der Waals surface area (Å²) in [5.41, 5.74) is 2.98. The second-order valence-electron chi connectivity index (χ2n) is 3.10. The molecule has 0 aliphatic carbocycles. The zero-order chi connectivity index (χ0) is 12.0. The van der Waals surface area contributed by atoms with Gasteiger partial charge in [-0.1, -0.05) is 0 Å². The van der Waals surface area contributed by atoms with E-state index in [-0.39, 0.29) is 12.5 Å². The van der Waals surface area contributed by atoms with Crippen molar-refractivity contribution >= 4 is 29.0 Å². The van der Waals surface area contributed by atoms with E-state index in [1.807, 2.05) is 11.4 Å². The molecule has 5 nitrogen and oxygen atoms in total. The van der Waals surface area contributed by atoms with E-state index in [1.165, 1.54) is 23.1 Å². The van der Waals surface area contributed by atoms with Crippen LogP contribution in [0.25, 0.3) is 0 Å². The third kappa shape index (κ3) is 3.76. The second kappa shape index (κ2) is 6.87. The first kappa shape index (κ1) is 13.5. The first-order chi connectivity index (χ1) is 7.69. The number of rotatable bonds is 6. The lowest BCUT2D eigenvalue weighted by molar-refractivity contribution is 0.0957. The van der Waals surface area contributed by atoms with Crippen molar-refractivity contribution in [3.8, 4) is 0 Å². The van der Waals surface area contributed by atoms with Gasteiger partial charge in [-0.2, -0.15) is 11.8 Å². The molecule has 0 bridgehead atoms. The van der Waals surface area contributed by atoms with Crippen LogP contribution in [0.1, 0.15) is 15.2 Å². The highest BCUT2D eigenvalue weighted by Gasteiger charge is 2.12. The maximum Gasteiger partial charge on any atom is 0.275 e. The number of aliphatic hydroxyl groups excluding tert-OH is 2. The Hall–Kier alpha value is -0.600. The molecule has 90 valence electrons. The van der Waals surface area contributed by atoms with Gasteiger partial charge in [0.25, 0.3) is 5.91 Å². The van der Waals surface area contributed by atoms with Gasteiger partial charge in [-0.15, -0.1) is 11.3 Å². The van der Waals surface area contributed by atoms with Crippen LogP contribution in [0.5, 0.6) is 0 Å². The van der Waals surface area contributed by atoms with Gasteiger partial charge in [0.15, 0.2) is 0 Å². The molecule has 0 spiro atoms. The Labute approximate surface area is 102 Å². The molecule has 0 aromatic carbocycles. The Balaban J connectivity index is 2.48. The van der Waals surface area contributed by atoms with Crippen LogP contribution >= 0.6 is 23.1 Å². The van der Waals surface area contributed by atoms with E-state index in [2.05, 4.69) is 5.43 Å². The quantitative estimate of drug-likeness (QED) is 0.327. The predicted octanol–water partition coefficient (Wildman–Crippen LogP) is -0.0620. The summed E-state index contributed by atoms with van der Waals surface area (Å²) in [6.45, 7) is -0.243. The lowest BCUT2D eigenvalue weighted by atomic mass is 10.3. The number of aliphatic hydroxyl groups is 2. The molecule has 0 saturated heterocycles. The Morgan fingerprint density at radius 2 is 2.44 bits per heavy atom. The third-order valence-corrected chi connectivity index (χ3v) is 3.95. The number of carbonyl (C=O) groups excluding carboxylic acids is 1. The fourth-order valence-electron chi connectivity index (χ4n) is 1.07. The summed E-state index contributed by atoms with van der Waals surface area (Å²) in [5, 5.41) is 19.6. The number of thioether (sulfide) groups is 1. The SMILES string of the molecule is NNC(=O)c1sccc1CSCC(O)CO. The Bertz CT molecular complexity index is 343. The molecular weight excluding hydrogens is 248 g/mol. The number of carbonyl (C=O) groups is 1. The highest BCUT2D eigenvalue weighted by Crippen LogP contribution is 2.22. The maximum absolute atomic E-state index is 11.3. The number of hydrazine groups is 1. The van der Waals surface area contributed by atoms with E-state index < -0.39 is 6.10 Å².